The first-order valence-electron chi connectivity index (χ1n) is 5.48. The van der Waals surface area contributed by atoms with Gasteiger partial charge in [-0.15, -0.1) is 0 Å². The van der Waals surface area contributed by atoms with Gasteiger partial charge in [0.15, 0.2) is 0 Å². The van der Waals surface area contributed by atoms with Crippen LogP contribution in [-0.4, -0.2) is 23.0 Å². The van der Waals surface area contributed by atoms with E-state index in [4.69, 9.17) is 5.11 Å². The largest absolute Gasteiger partial charge is 0.480 e. The minimum absolute atomic E-state index is 0.133. The standard InChI is InChI=1S/C12H17NO3S/c1-7(2)10(12(15)16)13-11(14)8(3)9-4-5-17-6-9/h4-8,10H,1-3H3,(H,13,14)(H,15,16)/t8?,10-/m1/s1. The molecule has 5 heteroatoms. The first kappa shape index (κ1) is 13.7. The number of aliphatic carboxylic acids is 1. The molecular weight excluding hydrogens is 238 g/mol. The number of thiophene rings is 1. The molecule has 0 spiro atoms. The van der Waals surface area contributed by atoms with E-state index in [1.165, 1.54) is 11.3 Å². The van der Waals surface area contributed by atoms with Crippen LogP contribution in [0.1, 0.15) is 32.3 Å². The SMILES string of the molecule is CC(C(=O)N[C@@H](C(=O)O)C(C)C)c1ccsc1. The molecule has 0 bridgehead atoms. The maximum absolute atomic E-state index is 11.9. The summed E-state index contributed by atoms with van der Waals surface area (Å²) in [5, 5.41) is 15.4. The van der Waals surface area contributed by atoms with Crippen molar-refractivity contribution in [1.82, 2.24) is 5.32 Å². The Kier molecular flexibility index (Phi) is 4.69. The number of rotatable bonds is 5. The molecule has 1 unspecified atom stereocenters. The van der Waals surface area contributed by atoms with E-state index >= 15 is 0 Å². The second kappa shape index (κ2) is 5.82. The number of carboxylic acid groups (broad SMARTS) is 1. The molecule has 0 radical (unpaired) electrons. The first-order chi connectivity index (χ1) is 7.93. The number of hydrogen-bond acceptors (Lipinski definition) is 3. The zero-order valence-corrected chi connectivity index (χ0v) is 11.0. The maximum atomic E-state index is 11.9. The van der Waals surface area contributed by atoms with E-state index in [1.54, 1.807) is 20.8 Å². The third-order valence-electron chi connectivity index (χ3n) is 2.67. The summed E-state index contributed by atoms with van der Waals surface area (Å²) < 4.78 is 0. The molecule has 0 saturated carbocycles. The van der Waals surface area contributed by atoms with Gasteiger partial charge in [0.1, 0.15) is 6.04 Å². The molecule has 0 aliphatic heterocycles. The van der Waals surface area contributed by atoms with Gasteiger partial charge in [-0.2, -0.15) is 11.3 Å². The molecular formula is C12H17NO3S. The quantitative estimate of drug-likeness (QED) is 0.846. The van der Waals surface area contributed by atoms with E-state index in [0.717, 1.165) is 5.56 Å². The summed E-state index contributed by atoms with van der Waals surface area (Å²) in [5.41, 5.74) is 0.917. The van der Waals surface area contributed by atoms with Crippen LogP contribution < -0.4 is 5.32 Å². The van der Waals surface area contributed by atoms with E-state index in [9.17, 15) is 9.59 Å². The highest BCUT2D eigenvalue weighted by molar-refractivity contribution is 7.08. The molecule has 1 amide bonds. The van der Waals surface area contributed by atoms with Crippen LogP contribution in [0, 0.1) is 5.92 Å². The molecule has 1 aromatic heterocycles. The number of hydrogen-bond donors (Lipinski definition) is 2. The number of carbonyl (C=O) groups excluding carboxylic acids is 1. The van der Waals surface area contributed by atoms with Gasteiger partial charge < -0.3 is 10.4 Å². The Hall–Kier alpha value is -1.36. The number of nitrogens with one attached hydrogen (secondary N) is 1. The second-order valence-corrected chi connectivity index (χ2v) is 5.13. The Balaban J connectivity index is 2.68. The fourth-order valence-corrected chi connectivity index (χ4v) is 2.22. The molecule has 0 aliphatic rings. The monoisotopic (exact) mass is 255 g/mol. The Morgan fingerprint density at radius 1 is 1.35 bits per heavy atom. The van der Waals surface area contributed by atoms with Crippen molar-refractivity contribution in [1.29, 1.82) is 0 Å². The maximum Gasteiger partial charge on any atom is 0.326 e. The van der Waals surface area contributed by atoms with Gasteiger partial charge >= 0.3 is 5.97 Å². The van der Waals surface area contributed by atoms with Crippen LogP contribution >= 0.6 is 11.3 Å². The highest BCUT2D eigenvalue weighted by Gasteiger charge is 2.26. The molecule has 0 aliphatic carbocycles. The average molecular weight is 255 g/mol. The van der Waals surface area contributed by atoms with Gasteiger partial charge in [-0.1, -0.05) is 13.8 Å². The van der Waals surface area contributed by atoms with Crippen molar-refractivity contribution in [3.8, 4) is 0 Å². The molecule has 0 fully saturated rings. The molecule has 4 nitrogen and oxygen atoms in total. The summed E-state index contributed by atoms with van der Waals surface area (Å²) in [7, 11) is 0. The summed E-state index contributed by atoms with van der Waals surface area (Å²) in [5.74, 6) is -1.69. The third kappa shape index (κ3) is 3.56. The van der Waals surface area contributed by atoms with E-state index in [-0.39, 0.29) is 17.7 Å². The highest BCUT2D eigenvalue weighted by Crippen LogP contribution is 2.18. The summed E-state index contributed by atoms with van der Waals surface area (Å²) in [4.78, 5) is 22.9. The van der Waals surface area contributed by atoms with Gasteiger partial charge in [0.25, 0.3) is 0 Å². The van der Waals surface area contributed by atoms with Gasteiger partial charge in [0, 0.05) is 0 Å². The van der Waals surface area contributed by atoms with Crippen LogP contribution in [0.25, 0.3) is 0 Å². The minimum Gasteiger partial charge on any atom is -0.480 e. The normalized spacial score (nSPS) is 14.4. The third-order valence-corrected chi connectivity index (χ3v) is 3.37. The van der Waals surface area contributed by atoms with Gasteiger partial charge in [0.2, 0.25) is 5.91 Å². The molecule has 0 saturated heterocycles. The lowest BCUT2D eigenvalue weighted by Crippen LogP contribution is -2.45. The van der Waals surface area contributed by atoms with Crippen molar-refractivity contribution in [3.05, 3.63) is 22.4 Å². The van der Waals surface area contributed by atoms with Gasteiger partial charge in [-0.25, -0.2) is 4.79 Å². The smallest absolute Gasteiger partial charge is 0.326 e. The summed E-state index contributed by atoms with van der Waals surface area (Å²) in [6.45, 7) is 5.32. The van der Waals surface area contributed by atoms with Gasteiger partial charge in [-0.3, -0.25) is 4.79 Å². The zero-order chi connectivity index (χ0) is 13.0. The molecule has 2 N–H and O–H groups in total. The Labute approximate surface area is 105 Å². The second-order valence-electron chi connectivity index (χ2n) is 4.35. The highest BCUT2D eigenvalue weighted by atomic mass is 32.1. The van der Waals surface area contributed by atoms with Gasteiger partial charge in [-0.05, 0) is 35.2 Å². The van der Waals surface area contributed by atoms with E-state index in [0.29, 0.717) is 0 Å². The van der Waals surface area contributed by atoms with Crippen molar-refractivity contribution >= 4 is 23.2 Å². The minimum atomic E-state index is -0.995. The fourth-order valence-electron chi connectivity index (χ4n) is 1.46. The molecule has 94 valence electrons. The lowest BCUT2D eigenvalue weighted by atomic mass is 10.0. The Bertz CT molecular complexity index is 386. The molecule has 1 rings (SSSR count). The lowest BCUT2D eigenvalue weighted by Gasteiger charge is -2.20. The van der Waals surface area contributed by atoms with Crippen molar-refractivity contribution in [2.24, 2.45) is 5.92 Å². The van der Waals surface area contributed by atoms with Crippen LogP contribution in [0.15, 0.2) is 16.8 Å². The predicted octanol–water partition coefficient (Wildman–Crippen LogP) is 2.08. The van der Waals surface area contributed by atoms with Crippen LogP contribution in [0.3, 0.4) is 0 Å². The molecule has 1 heterocycles. The Morgan fingerprint density at radius 2 is 2.00 bits per heavy atom. The zero-order valence-electron chi connectivity index (χ0n) is 10.1. The topological polar surface area (TPSA) is 66.4 Å². The van der Waals surface area contributed by atoms with E-state index < -0.39 is 12.0 Å². The molecule has 0 aromatic carbocycles. The Morgan fingerprint density at radius 3 is 2.41 bits per heavy atom. The number of carbonyl (C=O) groups is 2. The van der Waals surface area contributed by atoms with Gasteiger partial charge in [0.05, 0.1) is 5.92 Å². The number of carboxylic acids is 1. The summed E-state index contributed by atoms with van der Waals surface area (Å²) in [6.07, 6.45) is 0. The van der Waals surface area contributed by atoms with E-state index in [2.05, 4.69) is 5.32 Å². The molecule has 1 aromatic rings. The van der Waals surface area contributed by atoms with Crippen molar-refractivity contribution in [2.45, 2.75) is 32.7 Å². The van der Waals surface area contributed by atoms with Crippen LogP contribution in [0.4, 0.5) is 0 Å². The molecule has 17 heavy (non-hydrogen) atoms. The van der Waals surface area contributed by atoms with Crippen LogP contribution in [0.2, 0.25) is 0 Å². The number of amides is 1. The summed E-state index contributed by atoms with van der Waals surface area (Å²) >= 11 is 1.52. The van der Waals surface area contributed by atoms with Crippen LogP contribution in [-0.2, 0) is 9.59 Å². The fraction of sp³-hybridized carbons (Fsp3) is 0.500. The lowest BCUT2D eigenvalue weighted by molar-refractivity contribution is -0.143. The summed E-state index contributed by atoms with van der Waals surface area (Å²) in [6, 6.07) is 1.05. The molecule has 2 atom stereocenters. The predicted molar refractivity (Wildman–Crippen MR) is 67.1 cm³/mol. The van der Waals surface area contributed by atoms with Crippen molar-refractivity contribution < 1.29 is 14.7 Å². The van der Waals surface area contributed by atoms with Crippen molar-refractivity contribution in [3.63, 3.8) is 0 Å². The average Bonchev–Trinajstić information content (AvgIpc) is 2.76. The van der Waals surface area contributed by atoms with Crippen molar-refractivity contribution in [2.75, 3.05) is 0 Å². The van der Waals surface area contributed by atoms with E-state index in [1.807, 2.05) is 16.8 Å². The first-order valence-corrected chi connectivity index (χ1v) is 6.43. The van der Waals surface area contributed by atoms with Crippen LogP contribution in [0.5, 0.6) is 0 Å².